The standard InChI is InChI=1S/C17H26N2OS/c1-2-19(15-5-3-14(18)4-6-15)16-7-10-20-17(13-16)8-11-21-12-9-17/h3-6,16H,2,7-13,18H2,1H3. The summed E-state index contributed by atoms with van der Waals surface area (Å²) in [6.07, 6.45) is 4.74. The Kier molecular flexibility index (Phi) is 4.65. The highest BCUT2D eigenvalue weighted by Gasteiger charge is 2.40. The molecular weight excluding hydrogens is 280 g/mol. The van der Waals surface area contributed by atoms with Gasteiger partial charge in [-0.05, 0) is 68.4 Å². The molecule has 2 saturated heterocycles. The Bertz CT molecular complexity index is 451. The zero-order chi connectivity index (χ0) is 14.7. The number of thioether (sulfide) groups is 1. The van der Waals surface area contributed by atoms with Crippen LogP contribution >= 0.6 is 11.8 Å². The van der Waals surface area contributed by atoms with Crippen molar-refractivity contribution in [2.24, 2.45) is 0 Å². The lowest BCUT2D eigenvalue weighted by Crippen LogP contribution is -2.50. The van der Waals surface area contributed by atoms with Crippen molar-refractivity contribution in [2.45, 2.75) is 44.2 Å². The first-order valence-corrected chi connectivity index (χ1v) is 9.22. The molecule has 0 aliphatic carbocycles. The maximum Gasteiger partial charge on any atom is 0.0717 e. The number of nitrogen functional groups attached to an aromatic ring is 1. The number of hydrogen-bond donors (Lipinski definition) is 1. The van der Waals surface area contributed by atoms with Gasteiger partial charge in [0.25, 0.3) is 0 Å². The van der Waals surface area contributed by atoms with E-state index in [0.29, 0.717) is 6.04 Å². The van der Waals surface area contributed by atoms with Crippen LogP contribution in [0.1, 0.15) is 32.6 Å². The molecule has 21 heavy (non-hydrogen) atoms. The van der Waals surface area contributed by atoms with E-state index in [9.17, 15) is 0 Å². The van der Waals surface area contributed by atoms with Crippen molar-refractivity contribution in [2.75, 3.05) is 35.3 Å². The molecule has 4 heteroatoms. The van der Waals surface area contributed by atoms with Crippen LogP contribution < -0.4 is 10.6 Å². The summed E-state index contributed by atoms with van der Waals surface area (Å²) in [5, 5.41) is 0. The van der Waals surface area contributed by atoms with E-state index in [-0.39, 0.29) is 5.60 Å². The van der Waals surface area contributed by atoms with Gasteiger partial charge in [-0.15, -0.1) is 0 Å². The third kappa shape index (κ3) is 3.32. The molecule has 2 aliphatic heterocycles. The maximum absolute atomic E-state index is 6.23. The lowest BCUT2D eigenvalue weighted by Gasteiger charge is -2.47. The normalized spacial score (nSPS) is 24.9. The largest absolute Gasteiger partial charge is 0.399 e. The van der Waals surface area contributed by atoms with Crippen LogP contribution in [-0.2, 0) is 4.74 Å². The topological polar surface area (TPSA) is 38.5 Å². The predicted molar refractivity (Wildman–Crippen MR) is 92.1 cm³/mol. The molecule has 0 radical (unpaired) electrons. The maximum atomic E-state index is 6.23. The van der Waals surface area contributed by atoms with Crippen molar-refractivity contribution >= 4 is 23.1 Å². The molecule has 1 atom stereocenters. The molecule has 1 spiro atoms. The van der Waals surface area contributed by atoms with Crippen LogP contribution in [0.15, 0.2) is 24.3 Å². The summed E-state index contributed by atoms with van der Waals surface area (Å²) in [5.41, 5.74) is 8.09. The summed E-state index contributed by atoms with van der Waals surface area (Å²) in [5.74, 6) is 2.50. The Morgan fingerprint density at radius 1 is 1.29 bits per heavy atom. The predicted octanol–water partition coefficient (Wildman–Crippen LogP) is 3.54. The first kappa shape index (κ1) is 15.0. The Morgan fingerprint density at radius 2 is 2.00 bits per heavy atom. The minimum atomic E-state index is 0.148. The van der Waals surface area contributed by atoms with E-state index in [4.69, 9.17) is 10.5 Å². The monoisotopic (exact) mass is 306 g/mol. The molecule has 0 amide bonds. The first-order valence-electron chi connectivity index (χ1n) is 8.06. The molecule has 1 aromatic carbocycles. The zero-order valence-electron chi connectivity index (χ0n) is 12.9. The minimum absolute atomic E-state index is 0.148. The van der Waals surface area contributed by atoms with Gasteiger partial charge in [0.1, 0.15) is 0 Å². The van der Waals surface area contributed by atoms with Crippen LogP contribution in [0, 0.1) is 0 Å². The molecule has 1 aromatic rings. The number of anilines is 2. The summed E-state index contributed by atoms with van der Waals surface area (Å²) in [6, 6.07) is 8.90. The second-order valence-electron chi connectivity index (χ2n) is 6.17. The minimum Gasteiger partial charge on any atom is -0.399 e. The molecule has 3 nitrogen and oxygen atoms in total. The van der Waals surface area contributed by atoms with Gasteiger partial charge in [-0.3, -0.25) is 0 Å². The quantitative estimate of drug-likeness (QED) is 0.867. The number of benzene rings is 1. The van der Waals surface area contributed by atoms with E-state index >= 15 is 0 Å². The zero-order valence-corrected chi connectivity index (χ0v) is 13.7. The third-order valence-corrected chi connectivity index (χ3v) is 5.86. The Balaban J connectivity index is 1.75. The summed E-state index contributed by atoms with van der Waals surface area (Å²) in [7, 11) is 0. The van der Waals surface area contributed by atoms with Gasteiger partial charge in [0, 0.05) is 30.6 Å². The van der Waals surface area contributed by atoms with E-state index in [0.717, 1.165) is 25.3 Å². The van der Waals surface area contributed by atoms with Gasteiger partial charge >= 0.3 is 0 Å². The van der Waals surface area contributed by atoms with E-state index in [2.05, 4.69) is 35.7 Å². The van der Waals surface area contributed by atoms with Crippen molar-refractivity contribution in [3.8, 4) is 0 Å². The number of ether oxygens (including phenoxy) is 1. The summed E-state index contributed by atoms with van der Waals surface area (Å²) in [6.45, 7) is 4.19. The Labute approximate surface area is 132 Å². The molecule has 116 valence electrons. The fourth-order valence-electron chi connectivity index (χ4n) is 3.68. The van der Waals surface area contributed by atoms with Gasteiger partial charge in [-0.1, -0.05) is 0 Å². The van der Waals surface area contributed by atoms with Crippen molar-refractivity contribution < 1.29 is 4.74 Å². The highest BCUT2D eigenvalue weighted by atomic mass is 32.2. The molecule has 2 heterocycles. The van der Waals surface area contributed by atoms with Gasteiger partial charge in [0.2, 0.25) is 0 Å². The molecule has 2 fully saturated rings. The van der Waals surface area contributed by atoms with Crippen LogP contribution in [-0.4, -0.2) is 36.3 Å². The smallest absolute Gasteiger partial charge is 0.0717 e. The molecular formula is C17H26N2OS. The summed E-state index contributed by atoms with van der Waals surface area (Å²) < 4.78 is 6.23. The SMILES string of the molecule is CCN(c1ccc(N)cc1)C1CCOC2(CCSCC2)C1. The van der Waals surface area contributed by atoms with Crippen molar-refractivity contribution in [3.63, 3.8) is 0 Å². The van der Waals surface area contributed by atoms with E-state index in [1.165, 1.54) is 36.5 Å². The van der Waals surface area contributed by atoms with Gasteiger partial charge in [0.05, 0.1) is 5.60 Å². The molecule has 0 saturated carbocycles. The van der Waals surface area contributed by atoms with Crippen molar-refractivity contribution in [1.29, 1.82) is 0 Å². The molecule has 1 unspecified atom stereocenters. The second-order valence-corrected chi connectivity index (χ2v) is 7.39. The number of rotatable bonds is 3. The first-order chi connectivity index (χ1) is 10.2. The van der Waals surface area contributed by atoms with E-state index < -0.39 is 0 Å². The lowest BCUT2D eigenvalue weighted by molar-refractivity contribution is -0.0896. The molecule has 0 bridgehead atoms. The van der Waals surface area contributed by atoms with E-state index in [1.54, 1.807) is 0 Å². The average Bonchev–Trinajstić information content (AvgIpc) is 2.51. The van der Waals surface area contributed by atoms with Gasteiger partial charge < -0.3 is 15.4 Å². The molecule has 3 rings (SSSR count). The summed E-state index contributed by atoms with van der Waals surface area (Å²) >= 11 is 2.07. The third-order valence-electron chi connectivity index (χ3n) is 4.88. The highest BCUT2D eigenvalue weighted by molar-refractivity contribution is 7.99. The number of nitrogens with zero attached hydrogens (tertiary/aromatic N) is 1. The fraction of sp³-hybridized carbons (Fsp3) is 0.647. The Hall–Kier alpha value is -0.870. The van der Waals surface area contributed by atoms with Crippen LogP contribution in [0.5, 0.6) is 0 Å². The highest BCUT2D eigenvalue weighted by Crippen LogP contribution is 2.39. The van der Waals surface area contributed by atoms with Crippen molar-refractivity contribution in [1.82, 2.24) is 0 Å². The Morgan fingerprint density at radius 3 is 2.67 bits per heavy atom. The van der Waals surface area contributed by atoms with Crippen LogP contribution in [0.3, 0.4) is 0 Å². The summed E-state index contributed by atoms with van der Waals surface area (Å²) in [4.78, 5) is 2.53. The lowest BCUT2D eigenvalue weighted by atomic mass is 9.84. The van der Waals surface area contributed by atoms with Gasteiger partial charge in [-0.2, -0.15) is 11.8 Å². The molecule has 0 aromatic heterocycles. The second kappa shape index (κ2) is 6.49. The average molecular weight is 306 g/mol. The van der Waals surface area contributed by atoms with Crippen LogP contribution in [0.25, 0.3) is 0 Å². The van der Waals surface area contributed by atoms with Gasteiger partial charge in [0.15, 0.2) is 0 Å². The molecule has 2 N–H and O–H groups in total. The van der Waals surface area contributed by atoms with Gasteiger partial charge in [-0.25, -0.2) is 0 Å². The fourth-order valence-corrected chi connectivity index (χ4v) is 4.91. The van der Waals surface area contributed by atoms with E-state index in [1.807, 2.05) is 12.1 Å². The number of hydrogen-bond acceptors (Lipinski definition) is 4. The van der Waals surface area contributed by atoms with Crippen LogP contribution in [0.2, 0.25) is 0 Å². The molecule has 2 aliphatic rings. The van der Waals surface area contributed by atoms with Crippen molar-refractivity contribution in [3.05, 3.63) is 24.3 Å². The van der Waals surface area contributed by atoms with Crippen LogP contribution in [0.4, 0.5) is 11.4 Å². The number of nitrogens with two attached hydrogens (primary N) is 1.